The summed E-state index contributed by atoms with van der Waals surface area (Å²) in [4.78, 5) is 0. The van der Waals surface area contributed by atoms with E-state index >= 15 is 0 Å². The predicted octanol–water partition coefficient (Wildman–Crippen LogP) is 3.73. The fourth-order valence-electron chi connectivity index (χ4n) is 1.74. The van der Waals surface area contributed by atoms with Crippen LogP contribution in [-0.4, -0.2) is 18.8 Å². The van der Waals surface area contributed by atoms with E-state index in [4.69, 9.17) is 4.74 Å². The lowest BCUT2D eigenvalue weighted by molar-refractivity contribution is 0.247. The number of rotatable bonds is 5. The Balaban J connectivity index is 2.66. The van der Waals surface area contributed by atoms with Gasteiger partial charge in [0.05, 0.1) is 7.11 Å². The maximum absolute atomic E-state index is 9.60. The number of methoxy groups -OCH3 is 1. The molecule has 0 aliphatic rings. The third-order valence-corrected chi connectivity index (χ3v) is 3.91. The van der Waals surface area contributed by atoms with Crippen molar-refractivity contribution in [2.24, 2.45) is 11.3 Å². The van der Waals surface area contributed by atoms with Crippen molar-refractivity contribution in [1.29, 1.82) is 0 Å². The van der Waals surface area contributed by atoms with E-state index in [1.54, 1.807) is 13.2 Å². The number of phenols is 1. The third-order valence-electron chi connectivity index (χ3n) is 3.91. The maximum atomic E-state index is 9.60. The lowest BCUT2D eigenvalue weighted by Gasteiger charge is -2.29. The van der Waals surface area contributed by atoms with Gasteiger partial charge in [0, 0.05) is 6.04 Å². The summed E-state index contributed by atoms with van der Waals surface area (Å²) in [6.07, 6.45) is 0. The molecular weight excluding hydrogens is 238 g/mol. The molecule has 3 heteroatoms. The standard InChI is InChI=1S/C16H27NO2/c1-11(16(3,4)5)10-17-12(2)13-7-8-14(18)15(9-13)19-6/h7-9,11-12,17-18H,10H2,1-6H3. The van der Waals surface area contributed by atoms with Crippen molar-refractivity contribution in [3.63, 3.8) is 0 Å². The van der Waals surface area contributed by atoms with Crippen molar-refractivity contribution in [3.05, 3.63) is 23.8 Å². The molecule has 0 bridgehead atoms. The summed E-state index contributed by atoms with van der Waals surface area (Å²) >= 11 is 0. The molecule has 19 heavy (non-hydrogen) atoms. The molecule has 2 unspecified atom stereocenters. The number of phenolic OH excluding ortho intramolecular Hbond substituents is 1. The van der Waals surface area contributed by atoms with Gasteiger partial charge in [0.15, 0.2) is 11.5 Å². The van der Waals surface area contributed by atoms with Gasteiger partial charge in [-0.2, -0.15) is 0 Å². The Morgan fingerprint density at radius 3 is 2.42 bits per heavy atom. The third kappa shape index (κ3) is 4.43. The molecule has 1 rings (SSSR count). The SMILES string of the molecule is COc1cc(C(C)NCC(C)C(C)(C)C)ccc1O. The van der Waals surface area contributed by atoms with Gasteiger partial charge in [0.1, 0.15) is 0 Å². The fraction of sp³-hybridized carbons (Fsp3) is 0.625. The van der Waals surface area contributed by atoms with Gasteiger partial charge in [-0.3, -0.25) is 0 Å². The highest BCUT2D eigenvalue weighted by Gasteiger charge is 2.20. The molecule has 0 spiro atoms. The monoisotopic (exact) mass is 265 g/mol. The van der Waals surface area contributed by atoms with Crippen molar-refractivity contribution in [3.8, 4) is 11.5 Å². The zero-order valence-corrected chi connectivity index (χ0v) is 12.9. The van der Waals surface area contributed by atoms with E-state index in [9.17, 15) is 5.11 Å². The average molecular weight is 265 g/mol. The first kappa shape index (κ1) is 15.8. The summed E-state index contributed by atoms with van der Waals surface area (Å²) in [6, 6.07) is 5.73. The van der Waals surface area contributed by atoms with Gasteiger partial charge in [-0.25, -0.2) is 0 Å². The van der Waals surface area contributed by atoms with Crippen molar-refractivity contribution in [2.45, 2.75) is 40.7 Å². The number of aromatic hydroxyl groups is 1. The topological polar surface area (TPSA) is 41.5 Å². The summed E-state index contributed by atoms with van der Waals surface area (Å²) in [7, 11) is 1.57. The van der Waals surface area contributed by atoms with Crippen LogP contribution < -0.4 is 10.1 Å². The molecule has 108 valence electrons. The molecule has 2 N–H and O–H groups in total. The van der Waals surface area contributed by atoms with Gasteiger partial charge in [-0.05, 0) is 42.5 Å². The van der Waals surface area contributed by atoms with Gasteiger partial charge in [0.2, 0.25) is 0 Å². The average Bonchev–Trinajstić information content (AvgIpc) is 2.34. The van der Waals surface area contributed by atoms with E-state index in [2.05, 4.69) is 39.9 Å². The molecule has 0 fully saturated rings. The second kappa shape index (κ2) is 6.29. The first-order valence-electron chi connectivity index (χ1n) is 6.86. The van der Waals surface area contributed by atoms with Crippen molar-refractivity contribution in [2.75, 3.05) is 13.7 Å². The highest BCUT2D eigenvalue weighted by atomic mass is 16.5. The summed E-state index contributed by atoms with van der Waals surface area (Å²) in [5, 5.41) is 13.1. The molecule has 0 radical (unpaired) electrons. The molecule has 0 saturated heterocycles. The Labute approximate surface area is 117 Å². The summed E-state index contributed by atoms with van der Waals surface area (Å²) < 4.78 is 5.14. The highest BCUT2D eigenvalue weighted by Crippen LogP contribution is 2.29. The summed E-state index contributed by atoms with van der Waals surface area (Å²) in [6.45, 7) is 12.1. The molecule has 0 aliphatic carbocycles. The highest BCUT2D eigenvalue weighted by molar-refractivity contribution is 5.42. The van der Waals surface area contributed by atoms with Crippen LogP contribution in [0.1, 0.15) is 46.2 Å². The lowest BCUT2D eigenvalue weighted by Crippen LogP contribution is -2.31. The minimum absolute atomic E-state index is 0.182. The lowest BCUT2D eigenvalue weighted by atomic mass is 9.82. The quantitative estimate of drug-likeness (QED) is 0.852. The van der Waals surface area contributed by atoms with Gasteiger partial charge in [-0.15, -0.1) is 0 Å². The Kier molecular flexibility index (Phi) is 5.24. The number of hydrogen-bond acceptors (Lipinski definition) is 3. The Morgan fingerprint density at radius 1 is 1.26 bits per heavy atom. The van der Waals surface area contributed by atoms with Crippen LogP contribution in [0.2, 0.25) is 0 Å². The molecule has 2 atom stereocenters. The van der Waals surface area contributed by atoms with Crippen LogP contribution >= 0.6 is 0 Å². The van der Waals surface area contributed by atoms with Crippen molar-refractivity contribution >= 4 is 0 Å². The van der Waals surface area contributed by atoms with Crippen molar-refractivity contribution in [1.82, 2.24) is 5.32 Å². The second-order valence-electron chi connectivity index (χ2n) is 6.33. The Bertz CT molecular complexity index is 410. The fourth-order valence-corrected chi connectivity index (χ4v) is 1.74. The van der Waals surface area contributed by atoms with E-state index in [-0.39, 0.29) is 11.8 Å². The number of benzene rings is 1. The number of nitrogens with one attached hydrogen (secondary N) is 1. The zero-order chi connectivity index (χ0) is 14.6. The Morgan fingerprint density at radius 2 is 1.89 bits per heavy atom. The van der Waals surface area contributed by atoms with Crippen LogP contribution in [0.4, 0.5) is 0 Å². The molecule has 3 nitrogen and oxygen atoms in total. The Hall–Kier alpha value is -1.22. The maximum Gasteiger partial charge on any atom is 0.160 e. The molecular formula is C16H27NO2. The minimum atomic E-state index is 0.182. The van der Waals surface area contributed by atoms with E-state index in [0.29, 0.717) is 17.1 Å². The zero-order valence-electron chi connectivity index (χ0n) is 12.9. The largest absolute Gasteiger partial charge is 0.504 e. The number of hydrogen-bond donors (Lipinski definition) is 2. The van der Waals surface area contributed by atoms with E-state index in [1.807, 2.05) is 12.1 Å². The van der Waals surface area contributed by atoms with E-state index < -0.39 is 0 Å². The van der Waals surface area contributed by atoms with E-state index in [0.717, 1.165) is 12.1 Å². The second-order valence-corrected chi connectivity index (χ2v) is 6.33. The van der Waals surface area contributed by atoms with E-state index in [1.165, 1.54) is 0 Å². The molecule has 1 aromatic carbocycles. The summed E-state index contributed by atoms with van der Waals surface area (Å²) in [5.74, 6) is 1.30. The van der Waals surface area contributed by atoms with Gasteiger partial charge in [-0.1, -0.05) is 33.8 Å². The van der Waals surface area contributed by atoms with Crippen LogP contribution in [-0.2, 0) is 0 Å². The number of ether oxygens (including phenoxy) is 1. The summed E-state index contributed by atoms with van der Waals surface area (Å²) in [5.41, 5.74) is 1.43. The van der Waals surface area contributed by atoms with Crippen LogP contribution in [0.15, 0.2) is 18.2 Å². The minimum Gasteiger partial charge on any atom is -0.504 e. The first-order valence-corrected chi connectivity index (χ1v) is 6.86. The molecule has 0 aliphatic heterocycles. The predicted molar refractivity (Wildman–Crippen MR) is 79.7 cm³/mol. The smallest absolute Gasteiger partial charge is 0.160 e. The molecule has 0 saturated carbocycles. The van der Waals surface area contributed by atoms with Crippen LogP contribution in [0.25, 0.3) is 0 Å². The van der Waals surface area contributed by atoms with Crippen molar-refractivity contribution < 1.29 is 9.84 Å². The first-order chi connectivity index (χ1) is 8.75. The van der Waals surface area contributed by atoms with Gasteiger partial charge >= 0.3 is 0 Å². The van der Waals surface area contributed by atoms with Crippen LogP contribution in [0, 0.1) is 11.3 Å². The molecule has 0 amide bonds. The van der Waals surface area contributed by atoms with Gasteiger partial charge in [0.25, 0.3) is 0 Å². The van der Waals surface area contributed by atoms with Crippen LogP contribution in [0.5, 0.6) is 11.5 Å². The molecule has 0 aromatic heterocycles. The van der Waals surface area contributed by atoms with Gasteiger partial charge < -0.3 is 15.2 Å². The molecule has 0 heterocycles. The normalized spacial score (nSPS) is 15.1. The molecule has 1 aromatic rings. The van der Waals surface area contributed by atoms with Crippen LogP contribution in [0.3, 0.4) is 0 Å².